The lowest BCUT2D eigenvalue weighted by atomic mass is 9.83. The van der Waals surface area contributed by atoms with Crippen molar-refractivity contribution in [3.8, 4) is 5.75 Å². The number of rotatable bonds is 6. The lowest BCUT2D eigenvalue weighted by molar-refractivity contribution is -0.137. The van der Waals surface area contributed by atoms with Crippen LogP contribution in [0.25, 0.3) is 11.1 Å². The number of aromatic carboxylic acids is 1. The number of aromatic nitrogens is 1. The normalized spacial score (nSPS) is 14.2. The summed E-state index contributed by atoms with van der Waals surface area (Å²) in [4.78, 5) is 15.4. The SMILES string of the molecule is O=C(O)c1cncc(C2=C(c3cc(C(F)(F)F)ccc3OCc3cc(F)c(F)cc3F)CCCC2)c1. The minimum Gasteiger partial charge on any atom is -0.488 e. The fraction of sp³-hybridized carbons (Fsp3) is 0.231. The minimum atomic E-state index is -4.65. The number of ether oxygens (including phenoxy) is 1. The molecular formula is C26H19F6NO3. The smallest absolute Gasteiger partial charge is 0.416 e. The number of alkyl halides is 3. The van der Waals surface area contributed by atoms with Gasteiger partial charge < -0.3 is 9.84 Å². The summed E-state index contributed by atoms with van der Waals surface area (Å²) in [5.41, 5.74) is 0.384. The molecule has 3 aromatic rings. The highest BCUT2D eigenvalue weighted by atomic mass is 19.4. The molecule has 0 bridgehead atoms. The quantitative estimate of drug-likeness (QED) is 0.281. The van der Waals surface area contributed by atoms with E-state index >= 15 is 0 Å². The average molecular weight is 507 g/mol. The molecule has 0 saturated heterocycles. The van der Waals surface area contributed by atoms with Gasteiger partial charge in [-0.25, -0.2) is 18.0 Å². The van der Waals surface area contributed by atoms with Crippen LogP contribution < -0.4 is 4.74 Å². The van der Waals surface area contributed by atoms with Gasteiger partial charge in [0, 0.05) is 29.6 Å². The Kier molecular flexibility index (Phi) is 7.05. The van der Waals surface area contributed by atoms with Crippen molar-refractivity contribution >= 4 is 17.1 Å². The van der Waals surface area contributed by atoms with Gasteiger partial charge in [0.1, 0.15) is 18.2 Å². The second kappa shape index (κ2) is 10.0. The third kappa shape index (κ3) is 5.37. The Balaban J connectivity index is 1.82. The number of halogens is 6. The molecule has 1 aromatic heterocycles. The van der Waals surface area contributed by atoms with Gasteiger partial charge in [-0.15, -0.1) is 0 Å². The van der Waals surface area contributed by atoms with E-state index in [0.717, 1.165) is 24.6 Å². The van der Waals surface area contributed by atoms with Gasteiger partial charge in [-0.1, -0.05) is 0 Å². The van der Waals surface area contributed by atoms with Gasteiger partial charge in [0.25, 0.3) is 0 Å². The maximum Gasteiger partial charge on any atom is 0.416 e. The summed E-state index contributed by atoms with van der Waals surface area (Å²) in [7, 11) is 0. The van der Waals surface area contributed by atoms with Gasteiger partial charge in [-0.3, -0.25) is 4.98 Å². The van der Waals surface area contributed by atoms with Gasteiger partial charge in [-0.05, 0) is 72.7 Å². The minimum absolute atomic E-state index is 0.0103. The monoisotopic (exact) mass is 507 g/mol. The Morgan fingerprint density at radius 2 is 1.61 bits per heavy atom. The van der Waals surface area contributed by atoms with E-state index in [0.29, 0.717) is 48.1 Å². The zero-order valence-corrected chi connectivity index (χ0v) is 18.6. The van der Waals surface area contributed by atoms with E-state index in [9.17, 15) is 36.2 Å². The van der Waals surface area contributed by atoms with Gasteiger partial charge in [-0.2, -0.15) is 13.2 Å². The van der Waals surface area contributed by atoms with Crippen molar-refractivity contribution in [3.05, 3.63) is 94.1 Å². The highest BCUT2D eigenvalue weighted by molar-refractivity contribution is 5.95. The third-order valence-electron chi connectivity index (χ3n) is 5.91. The summed E-state index contributed by atoms with van der Waals surface area (Å²) >= 11 is 0. The molecule has 0 unspecified atom stereocenters. The van der Waals surface area contributed by atoms with Gasteiger partial charge >= 0.3 is 12.1 Å². The molecule has 188 valence electrons. The molecule has 1 aliphatic rings. The van der Waals surface area contributed by atoms with Crippen LogP contribution in [0, 0.1) is 17.5 Å². The fourth-order valence-electron chi connectivity index (χ4n) is 4.14. The number of carboxylic acid groups (broad SMARTS) is 1. The lowest BCUT2D eigenvalue weighted by Gasteiger charge is -2.24. The predicted octanol–water partition coefficient (Wildman–Crippen LogP) is 7.28. The topological polar surface area (TPSA) is 59.4 Å². The zero-order valence-electron chi connectivity index (χ0n) is 18.6. The summed E-state index contributed by atoms with van der Waals surface area (Å²) in [6, 6.07) is 5.23. The van der Waals surface area contributed by atoms with Crippen molar-refractivity contribution in [2.75, 3.05) is 0 Å². The van der Waals surface area contributed by atoms with E-state index in [-0.39, 0.29) is 22.4 Å². The van der Waals surface area contributed by atoms with E-state index < -0.39 is 41.8 Å². The molecule has 2 aromatic carbocycles. The predicted molar refractivity (Wildman–Crippen MR) is 119 cm³/mol. The van der Waals surface area contributed by atoms with E-state index in [1.807, 2.05) is 0 Å². The Morgan fingerprint density at radius 3 is 2.31 bits per heavy atom. The van der Waals surface area contributed by atoms with Crippen LogP contribution in [0.4, 0.5) is 26.3 Å². The summed E-state index contributed by atoms with van der Waals surface area (Å²) in [6.45, 7) is -0.555. The maximum absolute atomic E-state index is 14.1. The zero-order chi connectivity index (χ0) is 26.0. The number of benzene rings is 2. The number of nitrogens with zero attached hydrogens (tertiary/aromatic N) is 1. The molecule has 4 nitrogen and oxygen atoms in total. The first-order chi connectivity index (χ1) is 17.0. The summed E-state index contributed by atoms with van der Waals surface area (Å²) < 4.78 is 87.2. The fourth-order valence-corrected chi connectivity index (χ4v) is 4.14. The van der Waals surface area contributed by atoms with Crippen molar-refractivity contribution < 1.29 is 41.0 Å². The highest BCUT2D eigenvalue weighted by Gasteiger charge is 2.32. The van der Waals surface area contributed by atoms with E-state index in [1.54, 1.807) is 0 Å². The Morgan fingerprint density at radius 1 is 0.917 bits per heavy atom. The summed E-state index contributed by atoms with van der Waals surface area (Å²) in [5.74, 6) is -4.93. The number of carboxylic acids is 1. The Labute approximate surface area is 201 Å². The second-order valence-corrected chi connectivity index (χ2v) is 8.29. The largest absolute Gasteiger partial charge is 0.488 e. The molecule has 0 amide bonds. The van der Waals surface area contributed by atoms with Crippen LogP contribution >= 0.6 is 0 Å². The molecule has 4 rings (SSSR count). The number of allylic oxidation sites excluding steroid dienone is 2. The summed E-state index contributed by atoms with van der Waals surface area (Å²) in [6.07, 6.45) is 0.197. The molecule has 0 saturated carbocycles. The molecule has 1 heterocycles. The van der Waals surface area contributed by atoms with Crippen molar-refractivity contribution in [2.24, 2.45) is 0 Å². The average Bonchev–Trinajstić information content (AvgIpc) is 2.85. The van der Waals surface area contributed by atoms with Crippen LogP contribution in [-0.4, -0.2) is 16.1 Å². The van der Waals surface area contributed by atoms with Gasteiger partial charge in [0.2, 0.25) is 0 Å². The lowest BCUT2D eigenvalue weighted by Crippen LogP contribution is -2.09. The van der Waals surface area contributed by atoms with Crippen LogP contribution in [0.5, 0.6) is 5.75 Å². The Bertz CT molecular complexity index is 1350. The maximum atomic E-state index is 14.1. The van der Waals surface area contributed by atoms with E-state index in [1.165, 1.54) is 18.5 Å². The number of pyridine rings is 1. The van der Waals surface area contributed by atoms with Crippen LogP contribution in [0.15, 0.2) is 48.8 Å². The van der Waals surface area contributed by atoms with E-state index in [4.69, 9.17) is 4.74 Å². The van der Waals surface area contributed by atoms with E-state index in [2.05, 4.69) is 4.98 Å². The first kappa shape index (κ1) is 25.3. The number of hydrogen-bond acceptors (Lipinski definition) is 3. The molecule has 10 heteroatoms. The number of carbonyl (C=O) groups is 1. The molecule has 0 fully saturated rings. The van der Waals surface area contributed by atoms with Crippen LogP contribution in [-0.2, 0) is 12.8 Å². The van der Waals surface area contributed by atoms with Crippen LogP contribution in [0.3, 0.4) is 0 Å². The molecule has 0 aliphatic heterocycles. The molecule has 1 N–H and O–H groups in total. The molecular weight excluding hydrogens is 488 g/mol. The molecule has 1 aliphatic carbocycles. The second-order valence-electron chi connectivity index (χ2n) is 8.29. The first-order valence-electron chi connectivity index (χ1n) is 10.9. The molecule has 0 atom stereocenters. The van der Waals surface area contributed by atoms with Crippen LogP contribution in [0.1, 0.15) is 58.3 Å². The first-order valence-corrected chi connectivity index (χ1v) is 10.9. The summed E-state index contributed by atoms with van der Waals surface area (Å²) in [5, 5.41) is 9.32. The standard InChI is InChI=1S/C26H19F6NO3/c27-21-10-23(29)22(28)8-16(21)13-36-24-6-5-17(26(30,31)32)9-20(24)19-4-2-1-3-18(19)14-7-15(25(34)35)12-33-11-14/h5-12H,1-4,13H2,(H,34,35). The number of hydrogen-bond donors (Lipinski definition) is 1. The van der Waals surface area contributed by atoms with Crippen molar-refractivity contribution in [3.63, 3.8) is 0 Å². The van der Waals surface area contributed by atoms with Crippen molar-refractivity contribution in [2.45, 2.75) is 38.5 Å². The molecule has 0 radical (unpaired) electrons. The Hall–Kier alpha value is -3.82. The third-order valence-corrected chi connectivity index (χ3v) is 5.91. The van der Waals surface area contributed by atoms with Crippen molar-refractivity contribution in [1.29, 1.82) is 0 Å². The highest BCUT2D eigenvalue weighted by Crippen LogP contribution is 2.43. The van der Waals surface area contributed by atoms with Gasteiger partial charge in [0.15, 0.2) is 11.6 Å². The van der Waals surface area contributed by atoms with Crippen molar-refractivity contribution in [1.82, 2.24) is 4.98 Å². The van der Waals surface area contributed by atoms with Gasteiger partial charge in [0.05, 0.1) is 11.1 Å². The molecule has 36 heavy (non-hydrogen) atoms. The molecule has 0 spiro atoms. The van der Waals surface area contributed by atoms with Crippen LogP contribution in [0.2, 0.25) is 0 Å².